The molecule has 0 spiro atoms. The second-order valence-electron chi connectivity index (χ2n) is 5.72. The Hall–Kier alpha value is -1.10. The van der Waals surface area contributed by atoms with E-state index >= 15 is 0 Å². The Kier molecular flexibility index (Phi) is 7.18. The van der Waals surface area contributed by atoms with Crippen LogP contribution in [0.1, 0.15) is 11.1 Å². The number of rotatable bonds is 6. The van der Waals surface area contributed by atoms with Gasteiger partial charge in [-0.1, -0.05) is 68.4 Å². The summed E-state index contributed by atoms with van der Waals surface area (Å²) in [7, 11) is 0. The van der Waals surface area contributed by atoms with Gasteiger partial charge in [-0.25, -0.2) is 0 Å². The molecule has 140 valence electrons. The van der Waals surface area contributed by atoms with E-state index in [4.69, 9.17) is 51.1 Å². The van der Waals surface area contributed by atoms with Crippen LogP contribution in [0.15, 0.2) is 59.1 Å². The summed E-state index contributed by atoms with van der Waals surface area (Å²) in [6.45, 7) is 0.774. The summed E-state index contributed by atoms with van der Waals surface area (Å²) in [4.78, 5) is 0. The van der Waals surface area contributed by atoms with Crippen molar-refractivity contribution >= 4 is 68.0 Å². The van der Waals surface area contributed by atoms with Gasteiger partial charge in [0.1, 0.15) is 12.4 Å². The standard InChI is InChI=1S/C20H14BrCl4NO/c21-13-4-7-20(27-11-15-16(23)2-1-3-17(15)24)12(8-13)10-26-19-9-14(22)5-6-18(19)25/h1-9,26H,10-11H2. The summed E-state index contributed by atoms with van der Waals surface area (Å²) in [6, 6.07) is 16.5. The predicted octanol–water partition coefficient (Wildman–Crippen LogP) is 8.25. The smallest absolute Gasteiger partial charge is 0.124 e. The van der Waals surface area contributed by atoms with Crippen LogP contribution in [-0.2, 0) is 13.2 Å². The molecule has 3 rings (SSSR count). The Balaban J connectivity index is 1.78. The number of benzene rings is 3. The van der Waals surface area contributed by atoms with E-state index in [1.807, 2.05) is 18.2 Å². The van der Waals surface area contributed by atoms with E-state index in [0.717, 1.165) is 27.0 Å². The van der Waals surface area contributed by atoms with E-state index in [1.165, 1.54) is 0 Å². The minimum atomic E-state index is 0.269. The highest BCUT2D eigenvalue weighted by Crippen LogP contribution is 2.30. The van der Waals surface area contributed by atoms with E-state index in [1.54, 1.807) is 36.4 Å². The van der Waals surface area contributed by atoms with Crippen LogP contribution in [0, 0.1) is 0 Å². The lowest BCUT2D eigenvalue weighted by Gasteiger charge is -2.15. The number of ether oxygens (including phenoxy) is 1. The van der Waals surface area contributed by atoms with Crippen LogP contribution in [0.2, 0.25) is 20.1 Å². The Morgan fingerprint density at radius 3 is 2.33 bits per heavy atom. The third-order valence-electron chi connectivity index (χ3n) is 3.85. The Labute approximate surface area is 186 Å². The van der Waals surface area contributed by atoms with E-state index < -0.39 is 0 Å². The summed E-state index contributed by atoms with van der Waals surface area (Å²) < 4.78 is 6.94. The van der Waals surface area contributed by atoms with Crippen molar-refractivity contribution < 1.29 is 4.74 Å². The second kappa shape index (κ2) is 9.40. The van der Waals surface area contributed by atoms with Crippen molar-refractivity contribution in [2.24, 2.45) is 0 Å². The lowest BCUT2D eigenvalue weighted by Crippen LogP contribution is -2.05. The minimum Gasteiger partial charge on any atom is -0.488 e. The molecule has 0 aromatic heterocycles. The molecule has 0 bridgehead atoms. The zero-order valence-corrected chi connectivity index (χ0v) is 18.5. The fourth-order valence-electron chi connectivity index (χ4n) is 2.47. The number of halogens is 5. The van der Waals surface area contributed by atoms with Crippen LogP contribution in [0.3, 0.4) is 0 Å². The molecule has 0 aliphatic carbocycles. The molecule has 0 saturated heterocycles. The van der Waals surface area contributed by atoms with E-state index in [-0.39, 0.29) is 6.61 Å². The van der Waals surface area contributed by atoms with Gasteiger partial charge in [-0.2, -0.15) is 0 Å². The normalized spacial score (nSPS) is 10.7. The minimum absolute atomic E-state index is 0.269. The molecule has 0 aliphatic heterocycles. The highest BCUT2D eigenvalue weighted by atomic mass is 79.9. The molecule has 0 radical (unpaired) electrons. The first kappa shape index (κ1) is 20.6. The molecule has 0 unspecified atom stereocenters. The predicted molar refractivity (Wildman–Crippen MR) is 119 cm³/mol. The Bertz CT molecular complexity index is 944. The molecule has 0 aliphatic rings. The zero-order valence-electron chi connectivity index (χ0n) is 13.9. The van der Waals surface area contributed by atoms with Gasteiger partial charge in [0.15, 0.2) is 0 Å². The molecule has 0 heterocycles. The van der Waals surface area contributed by atoms with Gasteiger partial charge in [0.25, 0.3) is 0 Å². The van der Waals surface area contributed by atoms with Gasteiger partial charge >= 0.3 is 0 Å². The fraction of sp³-hybridized carbons (Fsp3) is 0.100. The van der Waals surface area contributed by atoms with Crippen molar-refractivity contribution in [1.29, 1.82) is 0 Å². The van der Waals surface area contributed by atoms with Crippen LogP contribution >= 0.6 is 62.3 Å². The van der Waals surface area contributed by atoms with Gasteiger partial charge < -0.3 is 10.1 Å². The quantitative estimate of drug-likeness (QED) is 0.364. The topological polar surface area (TPSA) is 21.3 Å². The van der Waals surface area contributed by atoms with Crippen molar-refractivity contribution in [2.75, 3.05) is 5.32 Å². The molecule has 3 aromatic rings. The lowest BCUT2D eigenvalue weighted by molar-refractivity contribution is 0.303. The number of hydrogen-bond donors (Lipinski definition) is 1. The summed E-state index contributed by atoms with van der Waals surface area (Å²) in [5, 5.41) is 5.65. The van der Waals surface area contributed by atoms with Crippen LogP contribution in [0.25, 0.3) is 0 Å². The van der Waals surface area contributed by atoms with E-state index in [2.05, 4.69) is 21.2 Å². The summed E-state index contributed by atoms with van der Waals surface area (Å²) in [6.07, 6.45) is 0. The fourth-order valence-corrected chi connectivity index (χ4v) is 3.74. The molecule has 3 aromatic carbocycles. The molecule has 0 saturated carbocycles. The maximum atomic E-state index is 6.22. The lowest BCUT2D eigenvalue weighted by atomic mass is 10.2. The third kappa shape index (κ3) is 5.46. The summed E-state index contributed by atoms with van der Waals surface area (Å²) in [5.41, 5.74) is 2.45. The average Bonchev–Trinajstić information content (AvgIpc) is 2.63. The first-order valence-corrected chi connectivity index (χ1v) is 10.3. The molecule has 0 atom stereocenters. The van der Waals surface area contributed by atoms with E-state index in [9.17, 15) is 0 Å². The largest absolute Gasteiger partial charge is 0.488 e. The molecular weight excluding hydrogens is 492 g/mol. The Morgan fingerprint density at radius 2 is 1.59 bits per heavy atom. The van der Waals surface area contributed by atoms with Gasteiger partial charge in [0.05, 0.1) is 10.7 Å². The van der Waals surface area contributed by atoms with Gasteiger partial charge in [0.2, 0.25) is 0 Å². The van der Waals surface area contributed by atoms with Crippen LogP contribution < -0.4 is 10.1 Å². The first-order valence-electron chi connectivity index (χ1n) is 7.97. The molecule has 7 heteroatoms. The molecule has 0 amide bonds. The molecule has 2 nitrogen and oxygen atoms in total. The maximum absolute atomic E-state index is 6.22. The molecular formula is C20H14BrCl4NO. The van der Waals surface area contributed by atoms with Crippen LogP contribution in [-0.4, -0.2) is 0 Å². The van der Waals surface area contributed by atoms with Gasteiger partial charge in [-0.15, -0.1) is 0 Å². The SMILES string of the molecule is Clc1ccc(Cl)c(NCc2cc(Br)ccc2OCc2c(Cl)cccc2Cl)c1. The molecule has 27 heavy (non-hydrogen) atoms. The van der Waals surface area contributed by atoms with Crippen molar-refractivity contribution in [2.45, 2.75) is 13.2 Å². The highest BCUT2D eigenvalue weighted by Gasteiger charge is 2.10. The van der Waals surface area contributed by atoms with Gasteiger partial charge in [-0.05, 0) is 48.5 Å². The monoisotopic (exact) mass is 503 g/mol. The summed E-state index contributed by atoms with van der Waals surface area (Å²) in [5.74, 6) is 0.722. The van der Waals surface area contributed by atoms with Crippen molar-refractivity contribution in [1.82, 2.24) is 0 Å². The summed E-state index contributed by atoms with van der Waals surface area (Å²) >= 11 is 28.2. The Morgan fingerprint density at radius 1 is 0.852 bits per heavy atom. The third-order valence-corrected chi connectivity index (χ3v) is 5.62. The molecule has 0 fully saturated rings. The number of anilines is 1. The van der Waals surface area contributed by atoms with E-state index in [0.29, 0.717) is 26.6 Å². The van der Waals surface area contributed by atoms with Crippen LogP contribution in [0.5, 0.6) is 5.75 Å². The van der Waals surface area contributed by atoms with Crippen molar-refractivity contribution in [3.63, 3.8) is 0 Å². The van der Waals surface area contributed by atoms with Crippen LogP contribution in [0.4, 0.5) is 5.69 Å². The zero-order chi connectivity index (χ0) is 19.4. The molecule has 1 N–H and O–H groups in total. The number of hydrogen-bond acceptors (Lipinski definition) is 2. The van der Waals surface area contributed by atoms with Gasteiger partial charge in [0, 0.05) is 37.2 Å². The second-order valence-corrected chi connectivity index (χ2v) is 8.29. The number of nitrogens with one attached hydrogen (secondary N) is 1. The first-order chi connectivity index (χ1) is 12.9. The van der Waals surface area contributed by atoms with Crippen molar-refractivity contribution in [3.05, 3.63) is 90.3 Å². The maximum Gasteiger partial charge on any atom is 0.124 e. The average molecular weight is 506 g/mol. The van der Waals surface area contributed by atoms with Gasteiger partial charge in [-0.3, -0.25) is 0 Å². The highest BCUT2D eigenvalue weighted by molar-refractivity contribution is 9.10. The van der Waals surface area contributed by atoms with Crippen molar-refractivity contribution in [3.8, 4) is 5.75 Å².